The summed E-state index contributed by atoms with van der Waals surface area (Å²) in [5.41, 5.74) is 0.687. The van der Waals surface area contributed by atoms with Crippen LogP contribution in [0.1, 0.15) is 6.92 Å². The first-order valence-electron chi connectivity index (χ1n) is 7.61. The number of nitrogens with zero attached hydrogens (tertiary/aromatic N) is 1. The van der Waals surface area contributed by atoms with Crippen LogP contribution in [0.25, 0.3) is 0 Å². The number of nitrogens with one attached hydrogen (secondary N) is 1. The number of hydrogen-bond acceptors (Lipinski definition) is 3. The molecule has 1 atom stereocenters. The molecular weight excluding hydrogens is 331 g/mol. The molecule has 0 heterocycles. The molecule has 4 nitrogen and oxygen atoms in total. The highest BCUT2D eigenvalue weighted by molar-refractivity contribution is 6.30. The second-order valence-electron chi connectivity index (χ2n) is 5.43. The average molecular weight is 351 g/mol. The van der Waals surface area contributed by atoms with Gasteiger partial charge in [0.2, 0.25) is 5.91 Å². The summed E-state index contributed by atoms with van der Waals surface area (Å²) in [6, 6.07) is 12.8. The predicted octanol–water partition coefficient (Wildman–Crippen LogP) is 3.82. The molecule has 24 heavy (non-hydrogen) atoms. The van der Waals surface area contributed by atoms with E-state index in [1.807, 2.05) is 11.9 Å². The van der Waals surface area contributed by atoms with Crippen molar-refractivity contribution in [3.05, 3.63) is 59.4 Å². The van der Waals surface area contributed by atoms with Gasteiger partial charge in [0.15, 0.2) is 11.6 Å². The van der Waals surface area contributed by atoms with Crippen LogP contribution in [-0.4, -0.2) is 37.0 Å². The molecule has 1 amide bonds. The normalized spacial score (nSPS) is 12.0. The van der Waals surface area contributed by atoms with Gasteiger partial charge >= 0.3 is 0 Å². The molecule has 128 valence electrons. The van der Waals surface area contributed by atoms with Crippen LogP contribution in [0.5, 0.6) is 5.75 Å². The zero-order valence-corrected chi connectivity index (χ0v) is 14.4. The number of anilines is 1. The van der Waals surface area contributed by atoms with Crippen LogP contribution < -0.4 is 10.1 Å². The van der Waals surface area contributed by atoms with Gasteiger partial charge in [-0.05, 0) is 50.4 Å². The number of halogens is 2. The molecule has 0 spiro atoms. The van der Waals surface area contributed by atoms with Crippen LogP contribution in [0, 0.1) is 5.82 Å². The third-order valence-electron chi connectivity index (χ3n) is 3.69. The van der Waals surface area contributed by atoms with Crippen molar-refractivity contribution < 1.29 is 13.9 Å². The summed E-state index contributed by atoms with van der Waals surface area (Å²) in [5, 5.41) is 3.44. The highest BCUT2D eigenvalue weighted by Gasteiger charge is 2.18. The zero-order valence-electron chi connectivity index (χ0n) is 13.6. The van der Waals surface area contributed by atoms with Gasteiger partial charge in [0.05, 0.1) is 6.04 Å². The van der Waals surface area contributed by atoms with E-state index in [2.05, 4.69) is 5.32 Å². The molecule has 0 saturated heterocycles. The number of para-hydroxylation sites is 1. The first-order chi connectivity index (χ1) is 11.5. The molecule has 0 aliphatic carbocycles. The fourth-order valence-corrected chi connectivity index (χ4v) is 2.16. The van der Waals surface area contributed by atoms with E-state index < -0.39 is 5.82 Å². The maximum Gasteiger partial charge on any atom is 0.241 e. The molecule has 2 rings (SSSR count). The van der Waals surface area contributed by atoms with E-state index in [0.29, 0.717) is 17.3 Å². The number of benzene rings is 2. The van der Waals surface area contributed by atoms with Gasteiger partial charge in [-0.1, -0.05) is 23.7 Å². The Kier molecular flexibility index (Phi) is 6.58. The molecule has 2 aromatic carbocycles. The monoisotopic (exact) mass is 350 g/mol. The molecule has 0 bridgehead atoms. The van der Waals surface area contributed by atoms with Crippen molar-refractivity contribution in [3.8, 4) is 5.75 Å². The van der Waals surface area contributed by atoms with Gasteiger partial charge < -0.3 is 10.1 Å². The van der Waals surface area contributed by atoms with Gasteiger partial charge in [0, 0.05) is 17.3 Å². The van der Waals surface area contributed by atoms with Gasteiger partial charge in [0.25, 0.3) is 0 Å². The summed E-state index contributed by atoms with van der Waals surface area (Å²) in [7, 11) is 1.82. The number of carbonyl (C=O) groups excluding carboxylic acids is 1. The molecule has 6 heteroatoms. The van der Waals surface area contributed by atoms with Crippen molar-refractivity contribution in [2.45, 2.75) is 13.0 Å². The Morgan fingerprint density at radius 2 is 1.92 bits per heavy atom. The lowest BCUT2D eigenvalue weighted by Gasteiger charge is -2.23. The smallest absolute Gasteiger partial charge is 0.241 e. The summed E-state index contributed by atoms with van der Waals surface area (Å²) in [4.78, 5) is 14.1. The molecule has 0 saturated carbocycles. The summed E-state index contributed by atoms with van der Waals surface area (Å²) in [5.74, 6) is -0.316. The van der Waals surface area contributed by atoms with Crippen LogP contribution in [0.2, 0.25) is 5.02 Å². The van der Waals surface area contributed by atoms with Gasteiger partial charge in [-0.15, -0.1) is 0 Å². The van der Waals surface area contributed by atoms with E-state index in [1.165, 1.54) is 6.07 Å². The van der Waals surface area contributed by atoms with Crippen molar-refractivity contribution >= 4 is 23.2 Å². The Labute approximate surface area is 146 Å². The standard InChI is InChI=1S/C18H20ClFN2O2/c1-13(18(23)21-15-9-7-14(19)8-10-15)22(2)11-12-24-17-6-4-3-5-16(17)20/h3-10,13H,11-12H2,1-2H3,(H,21,23). The number of likely N-dealkylation sites (N-methyl/N-ethyl adjacent to an activating group) is 1. The number of carbonyl (C=O) groups is 1. The van der Waals surface area contributed by atoms with Gasteiger partial charge in [-0.25, -0.2) is 4.39 Å². The van der Waals surface area contributed by atoms with Crippen LogP contribution in [0.15, 0.2) is 48.5 Å². The molecule has 0 aliphatic heterocycles. The average Bonchev–Trinajstić information content (AvgIpc) is 2.57. The van der Waals surface area contributed by atoms with E-state index in [9.17, 15) is 9.18 Å². The van der Waals surface area contributed by atoms with Crippen LogP contribution in [0.4, 0.5) is 10.1 Å². The Bertz CT molecular complexity index is 679. The van der Waals surface area contributed by atoms with Crippen LogP contribution in [0.3, 0.4) is 0 Å². The Balaban J connectivity index is 1.80. The van der Waals surface area contributed by atoms with Crippen molar-refractivity contribution in [3.63, 3.8) is 0 Å². The lowest BCUT2D eigenvalue weighted by molar-refractivity contribution is -0.120. The highest BCUT2D eigenvalue weighted by Crippen LogP contribution is 2.16. The second-order valence-corrected chi connectivity index (χ2v) is 5.87. The highest BCUT2D eigenvalue weighted by atomic mass is 35.5. The van der Waals surface area contributed by atoms with Gasteiger partial charge in [-0.3, -0.25) is 9.69 Å². The van der Waals surface area contributed by atoms with Crippen molar-refractivity contribution in [2.24, 2.45) is 0 Å². The first-order valence-corrected chi connectivity index (χ1v) is 7.99. The van der Waals surface area contributed by atoms with Crippen LogP contribution >= 0.6 is 11.6 Å². The second kappa shape index (κ2) is 8.66. The lowest BCUT2D eigenvalue weighted by atomic mass is 10.2. The van der Waals surface area contributed by atoms with Gasteiger partial charge in [0.1, 0.15) is 6.61 Å². The zero-order chi connectivity index (χ0) is 17.5. The van der Waals surface area contributed by atoms with Crippen molar-refractivity contribution in [1.82, 2.24) is 4.90 Å². The molecule has 2 aromatic rings. The molecule has 1 N–H and O–H groups in total. The van der Waals surface area contributed by atoms with E-state index in [1.54, 1.807) is 49.4 Å². The lowest BCUT2D eigenvalue weighted by Crippen LogP contribution is -2.41. The predicted molar refractivity (Wildman–Crippen MR) is 94.1 cm³/mol. The molecule has 1 unspecified atom stereocenters. The Morgan fingerprint density at radius 3 is 2.58 bits per heavy atom. The number of rotatable bonds is 7. The Hall–Kier alpha value is -2.11. The first kappa shape index (κ1) is 18.2. The number of ether oxygens (including phenoxy) is 1. The maximum atomic E-state index is 13.5. The number of hydrogen-bond donors (Lipinski definition) is 1. The van der Waals surface area contributed by atoms with Gasteiger partial charge in [-0.2, -0.15) is 0 Å². The topological polar surface area (TPSA) is 41.6 Å². The third-order valence-corrected chi connectivity index (χ3v) is 3.94. The van der Waals surface area contributed by atoms with E-state index in [0.717, 1.165) is 0 Å². The minimum atomic E-state index is -0.395. The Morgan fingerprint density at radius 1 is 1.25 bits per heavy atom. The van der Waals surface area contributed by atoms with Crippen LogP contribution in [-0.2, 0) is 4.79 Å². The summed E-state index contributed by atoms with van der Waals surface area (Å²) < 4.78 is 18.9. The SMILES string of the molecule is CC(C(=O)Nc1ccc(Cl)cc1)N(C)CCOc1ccccc1F. The maximum absolute atomic E-state index is 13.5. The summed E-state index contributed by atoms with van der Waals surface area (Å²) in [6.45, 7) is 2.58. The van der Waals surface area contributed by atoms with E-state index in [4.69, 9.17) is 16.3 Å². The van der Waals surface area contributed by atoms with Crippen molar-refractivity contribution in [2.75, 3.05) is 25.5 Å². The fraction of sp³-hybridized carbons (Fsp3) is 0.278. The largest absolute Gasteiger partial charge is 0.489 e. The van der Waals surface area contributed by atoms with Crippen molar-refractivity contribution in [1.29, 1.82) is 0 Å². The van der Waals surface area contributed by atoms with E-state index >= 15 is 0 Å². The molecule has 0 fully saturated rings. The van der Waals surface area contributed by atoms with E-state index in [-0.39, 0.29) is 24.3 Å². The molecule has 0 aliphatic rings. The molecular formula is C18H20ClFN2O2. The minimum absolute atomic E-state index is 0.134. The molecule has 0 aromatic heterocycles. The minimum Gasteiger partial charge on any atom is -0.489 e. The fourth-order valence-electron chi connectivity index (χ4n) is 2.04. The third kappa shape index (κ3) is 5.22. The summed E-state index contributed by atoms with van der Waals surface area (Å²) >= 11 is 5.82. The quantitative estimate of drug-likeness (QED) is 0.825. The number of amides is 1. The summed E-state index contributed by atoms with van der Waals surface area (Å²) in [6.07, 6.45) is 0. The molecule has 0 radical (unpaired) electrons.